The van der Waals surface area contributed by atoms with Crippen molar-refractivity contribution < 1.29 is 0 Å². The number of rotatable bonds is 7. The Balaban J connectivity index is 2.10. The van der Waals surface area contributed by atoms with E-state index in [1.807, 2.05) is 0 Å². The van der Waals surface area contributed by atoms with Gasteiger partial charge in [-0.3, -0.25) is 0 Å². The number of piperidine rings is 1. The monoisotopic (exact) mass is 278 g/mol. The predicted molar refractivity (Wildman–Crippen MR) is 85.4 cm³/mol. The Morgan fingerprint density at radius 3 is 2.65 bits per heavy atom. The lowest BCUT2D eigenvalue weighted by Gasteiger charge is -2.30. The number of imidazole rings is 1. The molecular weight excluding hydrogens is 248 g/mol. The summed E-state index contributed by atoms with van der Waals surface area (Å²) < 4.78 is 2.35. The van der Waals surface area contributed by atoms with Crippen LogP contribution in [0.4, 0.5) is 5.95 Å². The topological polar surface area (TPSA) is 33.1 Å². The van der Waals surface area contributed by atoms with E-state index in [1.54, 1.807) is 0 Å². The minimum Gasteiger partial charge on any atom is -0.342 e. The van der Waals surface area contributed by atoms with Crippen LogP contribution < -0.4 is 10.2 Å². The standard InChI is InChI=1S/C16H30N4/c1-4-11-20-13-15(5-2)18-16(20)19(6-3)12-14-7-9-17-10-8-14/h13-14,17H,4-12H2,1-3H3. The maximum atomic E-state index is 4.86. The summed E-state index contributed by atoms with van der Waals surface area (Å²) in [5.74, 6) is 2.00. The summed E-state index contributed by atoms with van der Waals surface area (Å²) in [4.78, 5) is 7.33. The maximum Gasteiger partial charge on any atom is 0.205 e. The van der Waals surface area contributed by atoms with Gasteiger partial charge in [0, 0.05) is 25.8 Å². The SMILES string of the molecule is CCCn1cc(CC)nc1N(CC)CC1CCNCC1. The highest BCUT2D eigenvalue weighted by Gasteiger charge is 2.19. The highest BCUT2D eigenvalue weighted by atomic mass is 15.3. The lowest BCUT2D eigenvalue weighted by Crippen LogP contribution is -2.37. The Morgan fingerprint density at radius 2 is 2.05 bits per heavy atom. The molecule has 1 aromatic rings. The smallest absolute Gasteiger partial charge is 0.205 e. The molecular formula is C16H30N4. The van der Waals surface area contributed by atoms with Crippen LogP contribution in [0, 0.1) is 5.92 Å². The first-order chi connectivity index (χ1) is 9.78. The van der Waals surface area contributed by atoms with E-state index in [-0.39, 0.29) is 0 Å². The van der Waals surface area contributed by atoms with Gasteiger partial charge in [0.05, 0.1) is 5.69 Å². The van der Waals surface area contributed by atoms with E-state index in [0.717, 1.165) is 38.4 Å². The van der Waals surface area contributed by atoms with Gasteiger partial charge in [0.15, 0.2) is 0 Å². The van der Waals surface area contributed by atoms with Crippen molar-refractivity contribution in [2.45, 2.75) is 53.0 Å². The van der Waals surface area contributed by atoms with Crippen LogP contribution in [0.25, 0.3) is 0 Å². The van der Waals surface area contributed by atoms with Crippen molar-refractivity contribution in [1.29, 1.82) is 0 Å². The number of hydrogen-bond acceptors (Lipinski definition) is 3. The van der Waals surface area contributed by atoms with Gasteiger partial charge in [-0.1, -0.05) is 13.8 Å². The van der Waals surface area contributed by atoms with Crippen molar-refractivity contribution in [3.8, 4) is 0 Å². The highest BCUT2D eigenvalue weighted by Crippen LogP contribution is 2.20. The molecule has 0 amide bonds. The van der Waals surface area contributed by atoms with Crippen LogP contribution in [0.5, 0.6) is 0 Å². The first-order valence-electron chi connectivity index (χ1n) is 8.30. The van der Waals surface area contributed by atoms with Crippen molar-refractivity contribution in [2.24, 2.45) is 5.92 Å². The number of nitrogens with zero attached hydrogens (tertiary/aromatic N) is 3. The predicted octanol–water partition coefficient (Wildman–Crippen LogP) is 2.68. The van der Waals surface area contributed by atoms with Gasteiger partial charge in [-0.25, -0.2) is 4.98 Å². The Labute approximate surface area is 123 Å². The van der Waals surface area contributed by atoms with Crippen LogP contribution in [0.1, 0.15) is 45.7 Å². The zero-order valence-corrected chi connectivity index (χ0v) is 13.4. The lowest BCUT2D eigenvalue weighted by molar-refractivity contribution is 0.372. The van der Waals surface area contributed by atoms with E-state index in [1.165, 1.54) is 37.6 Å². The van der Waals surface area contributed by atoms with Gasteiger partial charge < -0.3 is 14.8 Å². The second-order valence-corrected chi connectivity index (χ2v) is 5.81. The largest absolute Gasteiger partial charge is 0.342 e. The minimum absolute atomic E-state index is 0.813. The molecule has 1 N–H and O–H groups in total. The second kappa shape index (κ2) is 7.67. The van der Waals surface area contributed by atoms with E-state index >= 15 is 0 Å². The third-order valence-electron chi connectivity index (χ3n) is 4.23. The number of nitrogens with one attached hydrogen (secondary N) is 1. The van der Waals surface area contributed by atoms with Crippen LogP contribution >= 0.6 is 0 Å². The molecule has 0 bridgehead atoms. The van der Waals surface area contributed by atoms with Crippen molar-refractivity contribution in [3.05, 3.63) is 11.9 Å². The van der Waals surface area contributed by atoms with Gasteiger partial charge >= 0.3 is 0 Å². The fourth-order valence-electron chi connectivity index (χ4n) is 3.02. The third kappa shape index (κ3) is 3.75. The van der Waals surface area contributed by atoms with E-state index < -0.39 is 0 Å². The van der Waals surface area contributed by atoms with Gasteiger partial charge in [-0.05, 0) is 51.6 Å². The molecule has 0 radical (unpaired) electrons. The fourth-order valence-corrected chi connectivity index (χ4v) is 3.02. The molecule has 4 heteroatoms. The van der Waals surface area contributed by atoms with Crippen molar-refractivity contribution >= 4 is 5.95 Å². The zero-order valence-electron chi connectivity index (χ0n) is 13.4. The number of aromatic nitrogens is 2. The zero-order chi connectivity index (χ0) is 14.4. The van der Waals surface area contributed by atoms with Crippen LogP contribution in [0.3, 0.4) is 0 Å². The molecule has 0 spiro atoms. The molecule has 1 aromatic heterocycles. The Hall–Kier alpha value is -1.03. The summed E-state index contributed by atoms with van der Waals surface area (Å²) in [6.07, 6.45) is 7.02. The van der Waals surface area contributed by atoms with Crippen molar-refractivity contribution in [1.82, 2.24) is 14.9 Å². The second-order valence-electron chi connectivity index (χ2n) is 5.81. The summed E-state index contributed by atoms with van der Waals surface area (Å²) in [5.41, 5.74) is 1.22. The van der Waals surface area contributed by atoms with Gasteiger partial charge in [0.2, 0.25) is 5.95 Å². The summed E-state index contributed by atoms with van der Waals surface area (Å²) in [5, 5.41) is 3.45. The number of anilines is 1. The quantitative estimate of drug-likeness (QED) is 0.832. The fraction of sp³-hybridized carbons (Fsp3) is 0.812. The molecule has 114 valence electrons. The summed E-state index contributed by atoms with van der Waals surface area (Å²) in [6.45, 7) is 12.3. The van der Waals surface area contributed by atoms with Crippen molar-refractivity contribution in [3.63, 3.8) is 0 Å². The highest BCUT2D eigenvalue weighted by molar-refractivity contribution is 5.33. The van der Waals surface area contributed by atoms with Crippen LogP contribution in [0.15, 0.2) is 6.20 Å². The number of aryl methyl sites for hydroxylation is 2. The first kappa shape index (κ1) is 15.4. The molecule has 0 aliphatic carbocycles. The molecule has 4 nitrogen and oxygen atoms in total. The molecule has 1 fully saturated rings. The van der Waals surface area contributed by atoms with E-state index in [4.69, 9.17) is 4.98 Å². The molecule has 0 atom stereocenters. The van der Waals surface area contributed by atoms with Gasteiger partial charge in [0.1, 0.15) is 0 Å². The molecule has 0 saturated carbocycles. The average molecular weight is 278 g/mol. The van der Waals surface area contributed by atoms with Crippen LogP contribution in [0.2, 0.25) is 0 Å². The third-order valence-corrected chi connectivity index (χ3v) is 4.23. The summed E-state index contributed by atoms with van der Waals surface area (Å²) in [6, 6.07) is 0. The molecule has 2 rings (SSSR count). The summed E-state index contributed by atoms with van der Waals surface area (Å²) >= 11 is 0. The average Bonchev–Trinajstić information content (AvgIpc) is 2.89. The molecule has 0 aromatic carbocycles. The number of hydrogen-bond donors (Lipinski definition) is 1. The maximum absolute atomic E-state index is 4.86. The van der Waals surface area contributed by atoms with E-state index in [0.29, 0.717) is 0 Å². The first-order valence-corrected chi connectivity index (χ1v) is 8.30. The molecule has 0 unspecified atom stereocenters. The van der Waals surface area contributed by atoms with Gasteiger partial charge in [-0.2, -0.15) is 0 Å². The molecule has 1 aliphatic rings. The van der Waals surface area contributed by atoms with E-state index in [9.17, 15) is 0 Å². The minimum atomic E-state index is 0.813. The summed E-state index contributed by atoms with van der Waals surface area (Å²) in [7, 11) is 0. The molecule has 1 saturated heterocycles. The van der Waals surface area contributed by atoms with Gasteiger partial charge in [0.25, 0.3) is 0 Å². The van der Waals surface area contributed by atoms with Crippen LogP contribution in [-0.2, 0) is 13.0 Å². The molecule has 20 heavy (non-hydrogen) atoms. The van der Waals surface area contributed by atoms with Gasteiger partial charge in [-0.15, -0.1) is 0 Å². The Morgan fingerprint density at radius 1 is 1.30 bits per heavy atom. The molecule has 2 heterocycles. The normalized spacial score (nSPS) is 16.6. The Bertz CT molecular complexity index is 393. The Kier molecular flexibility index (Phi) is 5.89. The molecule has 1 aliphatic heterocycles. The lowest BCUT2D eigenvalue weighted by atomic mass is 9.98. The van der Waals surface area contributed by atoms with Crippen LogP contribution in [-0.4, -0.2) is 35.7 Å². The van der Waals surface area contributed by atoms with E-state index in [2.05, 4.69) is 41.8 Å². The van der Waals surface area contributed by atoms with Crippen molar-refractivity contribution in [2.75, 3.05) is 31.1 Å².